The quantitative estimate of drug-likeness (QED) is 0.275. The molecule has 2 amide bonds. The van der Waals surface area contributed by atoms with Crippen molar-refractivity contribution in [1.29, 1.82) is 0 Å². The molecule has 0 heterocycles. The van der Waals surface area contributed by atoms with Gasteiger partial charge < -0.3 is 10.2 Å². The summed E-state index contributed by atoms with van der Waals surface area (Å²) in [4.78, 5) is 29.6. The molecule has 0 spiro atoms. The third-order valence-corrected chi connectivity index (χ3v) is 9.11. The minimum absolute atomic E-state index is 0.0522. The van der Waals surface area contributed by atoms with Crippen molar-refractivity contribution in [3.63, 3.8) is 0 Å². The van der Waals surface area contributed by atoms with E-state index in [1.165, 1.54) is 11.0 Å². The molecule has 1 saturated carbocycles. The Morgan fingerprint density at radius 2 is 1.63 bits per heavy atom. The van der Waals surface area contributed by atoms with E-state index in [2.05, 4.69) is 21.2 Å². The second kappa shape index (κ2) is 14.3. The number of hydrogen-bond donors (Lipinski definition) is 1. The lowest BCUT2D eigenvalue weighted by Gasteiger charge is -2.35. The Kier molecular flexibility index (Phi) is 10.9. The first-order valence-corrected chi connectivity index (χ1v) is 16.7. The molecule has 1 unspecified atom stereocenters. The van der Waals surface area contributed by atoms with E-state index in [-0.39, 0.29) is 30.6 Å². The second-order valence-corrected chi connectivity index (χ2v) is 13.7. The number of nitrogens with one attached hydrogen (secondary N) is 1. The van der Waals surface area contributed by atoms with Gasteiger partial charge in [-0.05, 0) is 54.3 Å². The van der Waals surface area contributed by atoms with Crippen LogP contribution in [0.2, 0.25) is 5.02 Å². The maximum Gasteiger partial charge on any atom is 0.244 e. The van der Waals surface area contributed by atoms with Crippen LogP contribution in [-0.4, -0.2) is 50.0 Å². The van der Waals surface area contributed by atoms with Gasteiger partial charge in [0.05, 0.1) is 11.9 Å². The lowest BCUT2D eigenvalue weighted by Crippen LogP contribution is -2.55. The van der Waals surface area contributed by atoms with Gasteiger partial charge in [0.25, 0.3) is 0 Å². The van der Waals surface area contributed by atoms with Crippen molar-refractivity contribution in [2.24, 2.45) is 0 Å². The third kappa shape index (κ3) is 9.05. The molecule has 218 valence electrons. The van der Waals surface area contributed by atoms with Crippen LogP contribution in [0.3, 0.4) is 0 Å². The van der Waals surface area contributed by atoms with Crippen LogP contribution in [0.1, 0.15) is 43.2 Å². The number of carbonyl (C=O) groups excluding carboxylic acids is 2. The molecule has 1 N–H and O–H groups in total. The molecule has 0 aromatic heterocycles. The van der Waals surface area contributed by atoms with Crippen molar-refractivity contribution in [3.8, 4) is 0 Å². The molecule has 1 atom stereocenters. The van der Waals surface area contributed by atoms with Gasteiger partial charge in [-0.25, -0.2) is 8.42 Å². The number of anilines is 1. The van der Waals surface area contributed by atoms with Gasteiger partial charge in [-0.1, -0.05) is 95.3 Å². The fourth-order valence-corrected chi connectivity index (χ4v) is 6.65. The molecule has 3 aromatic rings. The van der Waals surface area contributed by atoms with Crippen LogP contribution in [0.15, 0.2) is 83.3 Å². The van der Waals surface area contributed by atoms with Crippen molar-refractivity contribution in [2.75, 3.05) is 17.1 Å². The Morgan fingerprint density at radius 3 is 2.29 bits per heavy atom. The molecule has 1 fully saturated rings. The topological polar surface area (TPSA) is 86.8 Å². The summed E-state index contributed by atoms with van der Waals surface area (Å²) >= 11 is 9.66. The summed E-state index contributed by atoms with van der Waals surface area (Å²) in [5, 5.41) is 3.55. The van der Waals surface area contributed by atoms with Gasteiger partial charge in [0.2, 0.25) is 21.8 Å². The number of rotatable bonds is 11. The summed E-state index contributed by atoms with van der Waals surface area (Å²) in [6, 6.07) is 22.7. The minimum Gasteiger partial charge on any atom is -0.352 e. The largest absolute Gasteiger partial charge is 0.352 e. The molecular formula is C31H35BrClN3O4S. The van der Waals surface area contributed by atoms with Gasteiger partial charge in [0.15, 0.2) is 0 Å². The highest BCUT2D eigenvalue weighted by molar-refractivity contribution is 9.10. The molecule has 7 nitrogen and oxygen atoms in total. The van der Waals surface area contributed by atoms with Gasteiger partial charge in [-0.15, -0.1) is 0 Å². The van der Waals surface area contributed by atoms with E-state index in [4.69, 9.17) is 11.6 Å². The average molecular weight is 661 g/mol. The zero-order valence-corrected chi connectivity index (χ0v) is 26.2. The highest BCUT2D eigenvalue weighted by Gasteiger charge is 2.34. The number of carbonyl (C=O) groups is 2. The maximum atomic E-state index is 14.2. The summed E-state index contributed by atoms with van der Waals surface area (Å²) in [5.74, 6) is -0.729. The molecule has 10 heteroatoms. The second-order valence-electron chi connectivity index (χ2n) is 10.5. The molecule has 4 rings (SSSR count). The summed E-state index contributed by atoms with van der Waals surface area (Å²) < 4.78 is 27.7. The van der Waals surface area contributed by atoms with Gasteiger partial charge in [-0.2, -0.15) is 0 Å². The van der Waals surface area contributed by atoms with E-state index in [1.54, 1.807) is 18.2 Å². The predicted molar refractivity (Wildman–Crippen MR) is 167 cm³/mol. The van der Waals surface area contributed by atoms with Gasteiger partial charge in [-0.3, -0.25) is 13.9 Å². The van der Waals surface area contributed by atoms with Gasteiger partial charge in [0.1, 0.15) is 12.6 Å². The van der Waals surface area contributed by atoms with Crippen LogP contribution >= 0.6 is 27.5 Å². The molecule has 0 radical (unpaired) electrons. The standard InChI is InChI=1S/C31H35BrClN3O4S/c1-41(39,40)36(28-17-9-14-26(33)20-28)22-30(37)35(21-24-12-8-13-25(32)18-24)29(19-23-10-4-2-5-11-23)31(38)34-27-15-6-3-7-16-27/h2,4-5,8-14,17-18,20,27,29H,3,6-7,15-16,19,21-22H2,1H3,(H,34,38). The van der Waals surface area contributed by atoms with Crippen LogP contribution in [0.25, 0.3) is 0 Å². The zero-order chi connectivity index (χ0) is 29.4. The number of benzene rings is 3. The van der Waals surface area contributed by atoms with Crippen LogP contribution in [0.4, 0.5) is 5.69 Å². The molecule has 41 heavy (non-hydrogen) atoms. The van der Waals surface area contributed by atoms with Gasteiger partial charge in [0, 0.05) is 28.5 Å². The SMILES string of the molecule is CS(=O)(=O)N(CC(=O)N(Cc1cccc(Br)c1)C(Cc1ccccc1)C(=O)NC1CCCCC1)c1cccc(Cl)c1. The Morgan fingerprint density at radius 1 is 0.951 bits per heavy atom. The minimum atomic E-state index is -3.85. The summed E-state index contributed by atoms with van der Waals surface area (Å²) in [7, 11) is -3.85. The summed E-state index contributed by atoms with van der Waals surface area (Å²) in [6.07, 6.45) is 6.40. The predicted octanol–water partition coefficient (Wildman–Crippen LogP) is 5.96. The lowest BCUT2D eigenvalue weighted by molar-refractivity contribution is -0.140. The molecule has 0 saturated heterocycles. The lowest BCUT2D eigenvalue weighted by atomic mass is 9.94. The monoisotopic (exact) mass is 659 g/mol. The highest BCUT2D eigenvalue weighted by atomic mass is 79.9. The van der Waals surface area contributed by atoms with Crippen LogP contribution in [0.5, 0.6) is 0 Å². The van der Waals surface area contributed by atoms with Crippen molar-refractivity contribution < 1.29 is 18.0 Å². The highest BCUT2D eigenvalue weighted by Crippen LogP contribution is 2.24. The molecular weight excluding hydrogens is 626 g/mol. The van der Waals surface area contributed by atoms with E-state index < -0.39 is 28.5 Å². The number of nitrogens with zero attached hydrogens (tertiary/aromatic N) is 2. The first-order valence-electron chi connectivity index (χ1n) is 13.7. The molecule has 1 aliphatic rings. The fraction of sp³-hybridized carbons (Fsp3) is 0.355. The van der Waals surface area contributed by atoms with E-state index in [1.807, 2.05) is 54.6 Å². The Hall–Kier alpha value is -2.88. The number of halogens is 2. The van der Waals surface area contributed by atoms with Crippen molar-refractivity contribution in [1.82, 2.24) is 10.2 Å². The zero-order valence-electron chi connectivity index (χ0n) is 23.0. The van der Waals surface area contributed by atoms with Crippen molar-refractivity contribution in [3.05, 3.63) is 99.5 Å². The van der Waals surface area contributed by atoms with Crippen molar-refractivity contribution in [2.45, 2.75) is 57.2 Å². The number of amides is 2. The fourth-order valence-electron chi connectivity index (χ4n) is 5.18. The van der Waals surface area contributed by atoms with Crippen molar-refractivity contribution >= 4 is 55.1 Å². The number of hydrogen-bond acceptors (Lipinski definition) is 4. The van der Waals surface area contributed by atoms with E-state index in [9.17, 15) is 18.0 Å². The van der Waals surface area contributed by atoms with Gasteiger partial charge >= 0.3 is 0 Å². The Labute approximate surface area is 256 Å². The maximum absolute atomic E-state index is 14.2. The molecule has 1 aliphatic carbocycles. The third-order valence-electron chi connectivity index (χ3n) is 7.24. The van der Waals surface area contributed by atoms with Crippen LogP contribution in [-0.2, 0) is 32.6 Å². The smallest absolute Gasteiger partial charge is 0.244 e. The average Bonchev–Trinajstić information content (AvgIpc) is 2.94. The van der Waals surface area contributed by atoms with E-state index >= 15 is 0 Å². The number of sulfonamides is 1. The molecule has 0 bridgehead atoms. The molecule has 3 aromatic carbocycles. The summed E-state index contributed by atoms with van der Waals surface area (Å²) in [6.45, 7) is -0.351. The Bertz CT molecular complexity index is 1450. The Balaban J connectivity index is 1.72. The normalized spacial score (nSPS) is 14.7. The first-order chi connectivity index (χ1) is 19.6. The van der Waals surface area contributed by atoms with E-state index in [0.29, 0.717) is 5.02 Å². The van der Waals surface area contributed by atoms with Crippen LogP contribution in [0, 0.1) is 0 Å². The summed E-state index contributed by atoms with van der Waals surface area (Å²) in [5.41, 5.74) is 1.99. The van der Waals surface area contributed by atoms with E-state index in [0.717, 1.165) is 58.3 Å². The molecule has 0 aliphatic heterocycles. The van der Waals surface area contributed by atoms with Crippen LogP contribution < -0.4 is 9.62 Å². The first kappa shape index (κ1) is 31.1.